The molecule has 0 fully saturated rings. The monoisotopic (exact) mass is 364 g/mol. The number of hydrogen-bond acceptors (Lipinski definition) is 1. The van der Waals surface area contributed by atoms with Crippen LogP contribution in [0, 0.1) is 5.41 Å². The maximum Gasteiger partial charge on any atom is 0.340 e. The van der Waals surface area contributed by atoms with Crippen LogP contribution in [0.4, 0.5) is 0 Å². The zero-order valence-corrected chi connectivity index (χ0v) is 17.6. The lowest BCUT2D eigenvalue weighted by Crippen LogP contribution is -2.66. The molecule has 26 heavy (non-hydrogen) atoms. The van der Waals surface area contributed by atoms with Gasteiger partial charge < -0.3 is 9.96 Å². The van der Waals surface area contributed by atoms with Gasteiger partial charge in [-0.3, -0.25) is 0 Å². The summed E-state index contributed by atoms with van der Waals surface area (Å²) in [5.41, 5.74) is 8.84. The molecule has 136 valence electrons. The summed E-state index contributed by atoms with van der Waals surface area (Å²) in [5, 5.41) is 2.21. The second-order valence-corrected chi connectivity index (χ2v) is 12.8. The lowest BCUT2D eigenvalue weighted by atomic mass is 9.95. The largest absolute Gasteiger partial charge is 0.526 e. The number of nitrogens with zero attached hydrogens (tertiary/aromatic N) is 2. The van der Waals surface area contributed by atoms with Crippen molar-refractivity contribution in [1.29, 1.82) is 0 Å². The van der Waals surface area contributed by atoms with Gasteiger partial charge in [-0.25, -0.2) is 0 Å². The zero-order chi connectivity index (χ0) is 19.4. The molecule has 0 unspecified atom stereocenters. The molecule has 2 aromatic rings. The van der Waals surface area contributed by atoms with Crippen LogP contribution in [0.2, 0.25) is 5.04 Å². The fourth-order valence-electron chi connectivity index (χ4n) is 3.19. The van der Waals surface area contributed by atoms with E-state index in [2.05, 4.69) is 80.0 Å². The second kappa shape index (κ2) is 7.47. The Kier molecular flexibility index (Phi) is 5.73. The molecule has 0 N–H and O–H groups in total. The van der Waals surface area contributed by atoms with Crippen molar-refractivity contribution < 1.29 is 9.22 Å². The average Bonchev–Trinajstić information content (AvgIpc) is 2.58. The highest BCUT2D eigenvalue weighted by molar-refractivity contribution is 6.99. The Hall–Kier alpha value is -2.38. The minimum Gasteiger partial charge on any atom is -0.526 e. The summed E-state index contributed by atoms with van der Waals surface area (Å²) in [7, 11) is -2.73. The molecule has 0 aliphatic rings. The third kappa shape index (κ3) is 3.89. The maximum absolute atomic E-state index is 9.17. The Bertz CT molecular complexity index is 780. The van der Waals surface area contributed by atoms with E-state index in [1.54, 1.807) is 0 Å². The highest BCUT2D eigenvalue weighted by atomic mass is 28.4. The molecule has 0 radical (unpaired) electrons. The molecule has 0 heterocycles. The Morgan fingerprint density at radius 1 is 0.846 bits per heavy atom. The lowest BCUT2D eigenvalue weighted by Gasteiger charge is -2.44. The van der Waals surface area contributed by atoms with Gasteiger partial charge in [0, 0.05) is 5.41 Å². The molecule has 0 bridgehead atoms. The summed E-state index contributed by atoms with van der Waals surface area (Å²) in [6, 6.07) is 20.8. The summed E-state index contributed by atoms with van der Waals surface area (Å²) < 4.78 is 6.87. The predicted octanol–water partition coefficient (Wildman–Crippen LogP) is 4.39. The molecular formula is C22H28N2OSi. The molecule has 2 rings (SSSR count). The van der Waals surface area contributed by atoms with Crippen molar-refractivity contribution in [2.45, 2.75) is 46.6 Å². The van der Waals surface area contributed by atoms with Crippen LogP contribution < -0.4 is 10.4 Å². The van der Waals surface area contributed by atoms with Crippen LogP contribution in [0.1, 0.15) is 41.5 Å². The quantitative estimate of drug-likeness (QED) is 0.261. The van der Waals surface area contributed by atoms with Crippen LogP contribution in [0.15, 0.2) is 66.4 Å². The van der Waals surface area contributed by atoms with Gasteiger partial charge in [-0.1, -0.05) is 102 Å². The van der Waals surface area contributed by atoms with Crippen LogP contribution in [0.5, 0.6) is 0 Å². The summed E-state index contributed by atoms with van der Waals surface area (Å²) in [5.74, 6) is 3.26. The van der Waals surface area contributed by atoms with Crippen LogP contribution in [0.3, 0.4) is 0 Å². The second-order valence-electron chi connectivity index (χ2n) is 8.56. The molecule has 0 amide bonds. The van der Waals surface area contributed by atoms with Gasteiger partial charge in [-0.05, 0) is 15.4 Å². The normalized spacial score (nSPS) is 12.1. The number of benzene rings is 2. The summed E-state index contributed by atoms with van der Waals surface area (Å²) in [6.07, 6.45) is 0. The van der Waals surface area contributed by atoms with Gasteiger partial charge >= 0.3 is 14.2 Å². The van der Waals surface area contributed by atoms with Crippen molar-refractivity contribution in [3.63, 3.8) is 0 Å². The Labute approximate surface area is 158 Å². The lowest BCUT2D eigenvalue weighted by molar-refractivity contribution is 0.00453. The third-order valence-corrected chi connectivity index (χ3v) is 9.42. The van der Waals surface area contributed by atoms with E-state index in [4.69, 9.17) is 9.96 Å². The Balaban J connectivity index is 2.85. The number of rotatable bonds is 4. The van der Waals surface area contributed by atoms with E-state index in [-0.39, 0.29) is 10.5 Å². The van der Waals surface area contributed by atoms with E-state index >= 15 is 0 Å². The van der Waals surface area contributed by atoms with Gasteiger partial charge in [0.25, 0.3) is 0 Å². The van der Waals surface area contributed by atoms with Crippen molar-refractivity contribution in [2.75, 3.05) is 0 Å². The molecule has 0 atom stereocenters. The Morgan fingerprint density at radius 3 is 1.58 bits per heavy atom. The summed E-state index contributed by atoms with van der Waals surface area (Å²) in [6.45, 7) is 12.8. The van der Waals surface area contributed by atoms with Gasteiger partial charge in [0.05, 0.1) is 0 Å². The summed E-state index contributed by atoms with van der Waals surface area (Å²) in [4.78, 5) is 3.17. The SMILES string of the molecule is CC(C)(C)C(=C=[N+]=[N-])O[Si](c1ccccc1)(c1ccccc1)C(C)(C)C. The number of hydrogen-bond donors (Lipinski definition) is 0. The first-order valence-electron chi connectivity index (χ1n) is 8.90. The molecular weight excluding hydrogens is 336 g/mol. The maximum atomic E-state index is 9.17. The predicted molar refractivity (Wildman–Crippen MR) is 110 cm³/mol. The smallest absolute Gasteiger partial charge is 0.340 e. The van der Waals surface area contributed by atoms with E-state index in [0.717, 1.165) is 0 Å². The molecule has 0 saturated heterocycles. The van der Waals surface area contributed by atoms with Crippen molar-refractivity contribution in [1.82, 2.24) is 0 Å². The van der Waals surface area contributed by atoms with Crippen LogP contribution in [-0.4, -0.2) is 19.0 Å². The Morgan fingerprint density at radius 2 is 1.27 bits per heavy atom. The standard InChI is InChI=1S/C22H28N2OSi/c1-21(2,3)20(17-24-23)25-26(22(4,5)6,18-13-9-7-10-14-18)19-15-11-8-12-16-19/h7-16H,1-6H3. The molecule has 0 spiro atoms. The van der Waals surface area contributed by atoms with Crippen LogP contribution >= 0.6 is 0 Å². The minimum absolute atomic E-state index is 0.149. The van der Waals surface area contributed by atoms with Crippen molar-refractivity contribution in [3.05, 3.63) is 72.0 Å². The molecule has 3 nitrogen and oxygen atoms in total. The van der Waals surface area contributed by atoms with E-state index in [1.165, 1.54) is 10.4 Å². The summed E-state index contributed by atoms with van der Waals surface area (Å²) >= 11 is 0. The molecule has 0 aromatic heterocycles. The van der Waals surface area contributed by atoms with Gasteiger partial charge in [-0.2, -0.15) is 0 Å². The van der Waals surface area contributed by atoms with E-state index < -0.39 is 8.32 Å². The van der Waals surface area contributed by atoms with Gasteiger partial charge in [0.15, 0.2) is 0 Å². The van der Waals surface area contributed by atoms with Crippen LogP contribution in [0.25, 0.3) is 5.53 Å². The highest BCUT2D eigenvalue weighted by Gasteiger charge is 2.53. The molecule has 2 aromatic carbocycles. The third-order valence-electron chi connectivity index (χ3n) is 4.50. The average molecular weight is 365 g/mol. The first-order chi connectivity index (χ1) is 12.1. The van der Waals surface area contributed by atoms with E-state index in [9.17, 15) is 0 Å². The van der Waals surface area contributed by atoms with Crippen LogP contribution in [-0.2, 0) is 4.43 Å². The van der Waals surface area contributed by atoms with Crippen molar-refractivity contribution >= 4 is 24.6 Å². The van der Waals surface area contributed by atoms with Gasteiger partial charge in [-0.15, -0.1) is 4.79 Å². The van der Waals surface area contributed by atoms with Crippen molar-refractivity contribution in [2.24, 2.45) is 5.41 Å². The van der Waals surface area contributed by atoms with Crippen molar-refractivity contribution in [3.8, 4) is 0 Å². The molecule has 0 saturated carbocycles. The highest BCUT2D eigenvalue weighted by Crippen LogP contribution is 2.40. The molecule has 0 aliphatic carbocycles. The fraction of sp³-hybridized carbons (Fsp3) is 0.364. The van der Waals surface area contributed by atoms with E-state index in [1.807, 2.05) is 32.9 Å². The van der Waals surface area contributed by atoms with Gasteiger partial charge in [0.2, 0.25) is 5.76 Å². The first kappa shape index (κ1) is 19.9. The molecule has 4 heteroatoms. The molecule has 0 aliphatic heterocycles. The van der Waals surface area contributed by atoms with E-state index in [0.29, 0.717) is 5.76 Å². The number of allylic oxidation sites excluding steroid dienone is 1. The zero-order valence-electron chi connectivity index (χ0n) is 16.6. The fourth-order valence-corrected chi connectivity index (χ4v) is 7.78. The van der Waals surface area contributed by atoms with Gasteiger partial charge in [0.1, 0.15) is 0 Å². The minimum atomic E-state index is -2.73. The topological polar surface area (TPSA) is 45.6 Å². The first-order valence-corrected chi connectivity index (χ1v) is 10.8.